The number of hydrogen-bond acceptors (Lipinski definition) is 26. The van der Waals surface area contributed by atoms with Crippen molar-refractivity contribution in [1.29, 1.82) is 0 Å². The smallest absolute Gasteiger partial charge is 0.335 e. The van der Waals surface area contributed by atoms with Crippen molar-refractivity contribution in [1.82, 2.24) is 42.4 Å². The molecule has 3 N–H and O–H groups in total. The van der Waals surface area contributed by atoms with Crippen molar-refractivity contribution in [3.8, 4) is 103 Å². The molecule has 15 aromatic rings. The number of carbonyl (C=O) groups excluding carboxylic acids is 3. The molecule has 684 valence electrons. The number of benzene rings is 9. The van der Waals surface area contributed by atoms with E-state index in [9.17, 15) is 56.3 Å². The molecule has 3 amide bonds. The van der Waals surface area contributed by atoms with E-state index >= 15 is 0 Å². The second-order valence-electron chi connectivity index (χ2n) is 29.4. The van der Waals surface area contributed by atoms with Crippen LogP contribution >= 0.6 is 0 Å². The van der Waals surface area contributed by atoms with Crippen LogP contribution in [0.4, 0.5) is 30.2 Å². The molecule has 35 nitrogen and oxygen atoms in total. The first-order valence-electron chi connectivity index (χ1n) is 41.6. The molecule has 0 atom stereocenters. The lowest BCUT2D eigenvalue weighted by Crippen LogP contribution is -2.42. The molecule has 0 saturated heterocycles. The van der Waals surface area contributed by atoms with E-state index in [0.717, 1.165) is 60.9 Å². The zero-order chi connectivity index (χ0) is 93.8. The third kappa shape index (κ3) is 19.3. The van der Waals surface area contributed by atoms with Gasteiger partial charge in [0.25, 0.3) is 34.4 Å². The lowest BCUT2D eigenvalue weighted by atomic mass is 10.1. The van der Waals surface area contributed by atoms with E-state index in [4.69, 9.17) is 66.3 Å². The van der Waals surface area contributed by atoms with Crippen LogP contribution in [-0.2, 0) is 29.6 Å². The number of pyridine rings is 3. The number of hydrogen-bond donors (Lipinski definition) is 3. The van der Waals surface area contributed by atoms with Gasteiger partial charge in [-0.15, -0.1) is 0 Å². The van der Waals surface area contributed by atoms with Gasteiger partial charge in [0.1, 0.15) is 121 Å². The third-order valence-corrected chi connectivity index (χ3v) is 20.9. The fourth-order valence-corrected chi connectivity index (χ4v) is 14.5. The first kappa shape index (κ1) is 90.3. The number of nitrogens with zero attached hydrogens (tertiary/aromatic N) is 9. The number of ether oxygens (including phenoxy) is 14. The van der Waals surface area contributed by atoms with Gasteiger partial charge < -0.3 is 86.8 Å². The van der Waals surface area contributed by atoms with E-state index in [1.165, 1.54) is 65.0 Å². The molecule has 3 aliphatic rings. The number of anilines is 3. The highest BCUT2D eigenvalue weighted by atomic mass is 19.1. The van der Waals surface area contributed by atoms with E-state index in [1.807, 2.05) is 0 Å². The summed E-state index contributed by atoms with van der Waals surface area (Å²) in [5.74, 6) is 3.32. The largest absolute Gasteiger partial charge is 0.493 e. The fraction of sp³-hybridized carbons (Fsp3) is 0.188. The summed E-state index contributed by atoms with van der Waals surface area (Å²) in [6, 6.07) is 44.5. The molecule has 134 heavy (non-hydrogen) atoms. The van der Waals surface area contributed by atoms with Crippen LogP contribution in [0, 0.1) is 17.5 Å². The summed E-state index contributed by atoms with van der Waals surface area (Å²) in [5, 5.41) is 9.89. The van der Waals surface area contributed by atoms with E-state index in [1.54, 1.807) is 163 Å². The molecule has 9 aromatic carbocycles. The molecule has 18 rings (SSSR count). The summed E-state index contributed by atoms with van der Waals surface area (Å²) in [7, 11) is 6.14. The summed E-state index contributed by atoms with van der Waals surface area (Å²) in [4.78, 5) is 131. The molecule has 0 bridgehead atoms. The van der Waals surface area contributed by atoms with E-state index in [-0.39, 0.29) is 46.8 Å². The van der Waals surface area contributed by atoms with Crippen molar-refractivity contribution in [3.63, 3.8) is 0 Å². The normalized spacial score (nSPS) is 12.2. The van der Waals surface area contributed by atoms with Crippen LogP contribution in [-0.4, -0.2) is 147 Å². The number of aryl methyl sites for hydroxylation is 3. The van der Waals surface area contributed by atoms with Crippen LogP contribution in [0.1, 0.15) is 44.9 Å². The number of amides is 3. The topological polar surface area (TPSA) is 387 Å². The third-order valence-electron chi connectivity index (χ3n) is 20.9. The van der Waals surface area contributed by atoms with Crippen molar-refractivity contribution >= 4 is 67.5 Å². The van der Waals surface area contributed by atoms with Crippen molar-refractivity contribution in [2.75, 3.05) is 103 Å². The van der Waals surface area contributed by atoms with Gasteiger partial charge >= 0.3 is 17.1 Å². The summed E-state index contributed by atoms with van der Waals surface area (Å²) >= 11 is 0. The monoisotopic (exact) mass is 1830 g/mol. The fourth-order valence-electron chi connectivity index (χ4n) is 14.5. The number of fused-ring (bicyclic) bond motifs is 9. The van der Waals surface area contributed by atoms with Crippen LogP contribution in [0.3, 0.4) is 0 Å². The molecular formula is C96H81F3N12O23. The van der Waals surface area contributed by atoms with Gasteiger partial charge in [0.2, 0.25) is 17.2 Å². The zero-order valence-corrected chi connectivity index (χ0v) is 72.3. The highest BCUT2D eigenvalue weighted by Gasteiger charge is 2.31. The van der Waals surface area contributed by atoms with Crippen molar-refractivity contribution in [2.24, 2.45) is 7.05 Å². The standard InChI is InChI=1S/C33H29FN4O8.C32H27FN4O8.C31H25FN4O7/c1-3-37-19-24(32(40)38(33(37)41)22-8-4-20(34)5-9-22)31(39)36-21-6-10-23(11-7-21)46-26-12-13-35-25-18-27(43-15-14-42-2)29-30(28(25)26)45-17-16-44-29;1-36-18-23(31(39)37(32(36)40)21-7-3-19(33)4-8-21)30(38)35-20-5-9-22(10-6-20)45-25-11-12-34-24-17-26(42-14-13-41-2)28-29(27(24)25)44-16-15-43-28;1-3-35-17-22(30(38)36(31(35)39)20-8-4-18(32)5-9-20)29(37)34-19-6-10-21(11-7-19)43-24-12-13-33-23-16-25(40-2)27-28(26(23)24)42-15-14-41-27/h4-13,18-19H,3,14-17H2,1-2H3,(H,36,39);3-12,17-18H,13-16H2,1-2H3,(H,35,38);4-13,16-17H,3,14-15H2,1-2H3,(H,34,37). The lowest BCUT2D eigenvalue weighted by Gasteiger charge is -2.23. The Hall–Kier alpha value is -17.0. The predicted molar refractivity (Wildman–Crippen MR) is 484 cm³/mol. The average Bonchev–Trinajstić information content (AvgIpc) is 0.767. The SMILES string of the molecule is CCn1cc(C(=O)Nc2ccc(Oc3ccnc4cc(OC)c5c(c34)OCCO5)cc2)c(=O)n(-c2ccc(F)cc2)c1=O.CCn1cc(C(=O)Nc2ccc(Oc3ccnc4cc(OCCOC)c5c(c34)OCCO5)cc2)c(=O)n(-c2ccc(F)cc2)c1=O.COCCOc1cc2nccc(Oc3ccc(NC(=O)c4cn(C)c(=O)n(-c5ccc(F)cc5)c4=O)cc3)c2c2c1OCCO2. The van der Waals surface area contributed by atoms with Crippen LogP contribution in [0.5, 0.6) is 86.2 Å². The van der Waals surface area contributed by atoms with Crippen molar-refractivity contribution in [3.05, 3.63) is 316 Å². The Labute approximate surface area is 756 Å². The molecule has 38 heteroatoms. The number of aromatic nitrogens is 9. The quantitative estimate of drug-likeness (QED) is 0.0424. The number of nitrogens with one attached hydrogen (secondary N) is 3. The minimum Gasteiger partial charge on any atom is -0.493 e. The number of methoxy groups -OCH3 is 3. The van der Waals surface area contributed by atoms with Crippen LogP contribution < -0.4 is 107 Å². The Bertz CT molecular complexity index is 7380. The van der Waals surface area contributed by atoms with Gasteiger partial charge in [-0.2, -0.15) is 0 Å². The number of rotatable bonds is 26. The van der Waals surface area contributed by atoms with E-state index in [0.29, 0.717) is 202 Å². The zero-order valence-electron chi connectivity index (χ0n) is 72.3. The molecule has 3 aliphatic heterocycles. The first-order valence-corrected chi connectivity index (χ1v) is 41.6. The van der Waals surface area contributed by atoms with E-state index in [2.05, 4.69) is 30.9 Å². The maximum atomic E-state index is 13.5. The Morgan fingerprint density at radius 1 is 0.358 bits per heavy atom. The van der Waals surface area contributed by atoms with Gasteiger partial charge in [-0.1, -0.05) is 0 Å². The molecule has 6 aromatic heterocycles. The summed E-state index contributed by atoms with van der Waals surface area (Å²) in [6.07, 6.45) is 8.41. The number of carbonyl (C=O) groups is 3. The molecule has 9 heterocycles. The molecule has 0 fully saturated rings. The highest BCUT2D eigenvalue weighted by Crippen LogP contribution is 2.52. The minimum atomic E-state index is -0.839. The van der Waals surface area contributed by atoms with Crippen molar-refractivity contribution < 1.29 is 93.9 Å². The molecule has 0 saturated carbocycles. The van der Waals surface area contributed by atoms with Gasteiger partial charge in [0.05, 0.1) is 70.1 Å². The summed E-state index contributed by atoms with van der Waals surface area (Å²) in [6.45, 7) is 7.45. The second-order valence-corrected chi connectivity index (χ2v) is 29.4. The Kier molecular flexibility index (Phi) is 27.2. The number of halogens is 3. The van der Waals surface area contributed by atoms with Crippen LogP contribution in [0.25, 0.3) is 49.8 Å². The van der Waals surface area contributed by atoms with Crippen molar-refractivity contribution in [2.45, 2.75) is 26.9 Å². The van der Waals surface area contributed by atoms with Gasteiger partial charge in [-0.05, 0) is 178 Å². The maximum Gasteiger partial charge on any atom is 0.335 e. The Morgan fingerprint density at radius 3 is 0.955 bits per heavy atom. The molecule has 0 aliphatic carbocycles. The average molecular weight is 1830 g/mol. The molecule has 0 spiro atoms. The summed E-state index contributed by atoms with van der Waals surface area (Å²) in [5.41, 5.74) is -1.91. The van der Waals surface area contributed by atoms with Crippen LogP contribution in [0.2, 0.25) is 0 Å². The van der Waals surface area contributed by atoms with E-state index < -0.39 is 68.9 Å². The molecule has 0 radical (unpaired) electrons. The Morgan fingerprint density at radius 2 is 0.649 bits per heavy atom. The second kappa shape index (κ2) is 40.3. The Balaban J connectivity index is 0.000000146. The maximum absolute atomic E-state index is 13.5. The van der Waals surface area contributed by atoms with Gasteiger partial charge in [-0.3, -0.25) is 52.9 Å². The summed E-state index contributed by atoms with van der Waals surface area (Å²) < 4.78 is 128. The van der Waals surface area contributed by atoms with Gasteiger partial charge in [-0.25, -0.2) is 41.3 Å². The highest BCUT2D eigenvalue weighted by molar-refractivity contribution is 6.06. The van der Waals surface area contributed by atoms with Gasteiger partial charge in [0, 0.05) is 107 Å². The molecular weight excluding hydrogens is 1750 g/mol. The van der Waals surface area contributed by atoms with Gasteiger partial charge in [0.15, 0.2) is 34.5 Å². The molecule has 0 unspecified atom stereocenters. The predicted octanol–water partition coefficient (Wildman–Crippen LogP) is 13.1. The van der Waals surface area contributed by atoms with Crippen LogP contribution in [0.15, 0.2) is 248 Å². The minimum absolute atomic E-state index is 0.134. The first-order chi connectivity index (χ1) is 65.1. The lowest BCUT2D eigenvalue weighted by molar-refractivity contribution is 0.101.